The predicted molar refractivity (Wildman–Crippen MR) is 78.2 cm³/mol. The number of fused-ring (bicyclic) bond motifs is 1. The van der Waals surface area contributed by atoms with Crippen LogP contribution in [0.15, 0.2) is 12.1 Å². The van der Waals surface area contributed by atoms with Gasteiger partial charge in [-0.25, -0.2) is 0 Å². The maximum atomic E-state index is 11.5. The van der Waals surface area contributed by atoms with Crippen molar-refractivity contribution in [3.8, 4) is 5.75 Å². The van der Waals surface area contributed by atoms with Gasteiger partial charge in [-0.3, -0.25) is 9.69 Å². The minimum Gasteiger partial charge on any atom is -0.493 e. The molecule has 0 spiro atoms. The SMILES string of the molecule is COC(=O)CN(Cc1cc(Cl)cc2c1OCC2)C(C)C. The van der Waals surface area contributed by atoms with Crippen LogP contribution in [0.2, 0.25) is 5.02 Å². The van der Waals surface area contributed by atoms with Gasteiger partial charge in [0, 0.05) is 29.6 Å². The third-order valence-electron chi connectivity index (χ3n) is 3.49. The lowest BCUT2D eigenvalue weighted by Crippen LogP contribution is -2.35. The van der Waals surface area contributed by atoms with E-state index in [1.165, 1.54) is 7.11 Å². The maximum Gasteiger partial charge on any atom is 0.319 e. The molecule has 1 heterocycles. The Balaban J connectivity index is 2.20. The maximum absolute atomic E-state index is 11.5. The fourth-order valence-electron chi connectivity index (χ4n) is 2.33. The Bertz CT molecular complexity index is 502. The van der Waals surface area contributed by atoms with E-state index in [-0.39, 0.29) is 18.6 Å². The van der Waals surface area contributed by atoms with Gasteiger partial charge >= 0.3 is 5.97 Å². The van der Waals surface area contributed by atoms with Crippen molar-refractivity contribution in [2.45, 2.75) is 32.9 Å². The fourth-order valence-corrected chi connectivity index (χ4v) is 2.60. The standard InChI is InChI=1S/C15H20ClNO3/c1-10(2)17(9-14(18)19-3)8-12-7-13(16)6-11-4-5-20-15(11)12/h6-7,10H,4-5,8-9H2,1-3H3. The minimum atomic E-state index is -0.238. The van der Waals surface area contributed by atoms with Crippen LogP contribution in [0.25, 0.3) is 0 Å². The summed E-state index contributed by atoms with van der Waals surface area (Å²) in [4.78, 5) is 13.5. The van der Waals surface area contributed by atoms with Crippen LogP contribution in [0, 0.1) is 0 Å². The second-order valence-corrected chi connectivity index (χ2v) is 5.66. The van der Waals surface area contributed by atoms with E-state index in [0.717, 1.165) is 23.3 Å². The smallest absolute Gasteiger partial charge is 0.319 e. The summed E-state index contributed by atoms with van der Waals surface area (Å²) in [5, 5.41) is 0.714. The summed E-state index contributed by atoms with van der Waals surface area (Å²) in [6.45, 7) is 5.68. The van der Waals surface area contributed by atoms with Crippen LogP contribution in [0.4, 0.5) is 0 Å². The molecule has 0 atom stereocenters. The molecule has 1 aromatic carbocycles. The number of ether oxygens (including phenoxy) is 2. The van der Waals surface area contributed by atoms with Crippen molar-refractivity contribution < 1.29 is 14.3 Å². The van der Waals surface area contributed by atoms with Crippen LogP contribution in [-0.2, 0) is 22.5 Å². The topological polar surface area (TPSA) is 38.8 Å². The first-order valence-corrected chi connectivity index (χ1v) is 7.14. The molecule has 1 aliphatic rings. The highest BCUT2D eigenvalue weighted by Gasteiger charge is 2.21. The van der Waals surface area contributed by atoms with Gasteiger partial charge in [0.25, 0.3) is 0 Å². The molecule has 0 N–H and O–H groups in total. The summed E-state index contributed by atoms with van der Waals surface area (Å²) in [6, 6.07) is 4.09. The zero-order valence-corrected chi connectivity index (χ0v) is 12.9. The molecular weight excluding hydrogens is 278 g/mol. The zero-order valence-electron chi connectivity index (χ0n) is 12.1. The van der Waals surface area contributed by atoms with Crippen molar-refractivity contribution in [1.82, 2.24) is 4.90 Å². The highest BCUT2D eigenvalue weighted by atomic mass is 35.5. The fraction of sp³-hybridized carbons (Fsp3) is 0.533. The first kappa shape index (κ1) is 15.1. The summed E-state index contributed by atoms with van der Waals surface area (Å²) < 4.78 is 10.4. The lowest BCUT2D eigenvalue weighted by atomic mass is 10.1. The van der Waals surface area contributed by atoms with E-state index in [1.54, 1.807) is 0 Å². The van der Waals surface area contributed by atoms with Crippen LogP contribution in [0.3, 0.4) is 0 Å². The van der Waals surface area contributed by atoms with Gasteiger partial charge in [0.2, 0.25) is 0 Å². The van der Waals surface area contributed by atoms with Gasteiger partial charge < -0.3 is 9.47 Å². The number of halogens is 1. The Morgan fingerprint density at radius 2 is 2.25 bits per heavy atom. The van der Waals surface area contributed by atoms with Gasteiger partial charge in [0.05, 0.1) is 20.3 Å². The van der Waals surface area contributed by atoms with Crippen LogP contribution < -0.4 is 4.74 Å². The van der Waals surface area contributed by atoms with Gasteiger partial charge in [0.1, 0.15) is 5.75 Å². The average molecular weight is 298 g/mol. The second kappa shape index (κ2) is 6.46. The summed E-state index contributed by atoms with van der Waals surface area (Å²) >= 11 is 6.16. The number of rotatable bonds is 5. The van der Waals surface area contributed by atoms with Gasteiger partial charge in [-0.1, -0.05) is 11.6 Å². The van der Waals surface area contributed by atoms with E-state index in [9.17, 15) is 4.79 Å². The van der Waals surface area contributed by atoms with Crippen LogP contribution >= 0.6 is 11.6 Å². The third kappa shape index (κ3) is 3.44. The van der Waals surface area contributed by atoms with Crippen LogP contribution in [0.1, 0.15) is 25.0 Å². The zero-order chi connectivity index (χ0) is 14.7. The number of hydrogen-bond donors (Lipinski definition) is 0. The molecule has 5 heteroatoms. The molecule has 110 valence electrons. The number of nitrogens with zero attached hydrogens (tertiary/aromatic N) is 1. The number of hydrogen-bond acceptors (Lipinski definition) is 4. The van der Waals surface area contributed by atoms with Crippen molar-refractivity contribution in [1.29, 1.82) is 0 Å². The van der Waals surface area contributed by atoms with E-state index < -0.39 is 0 Å². The normalized spacial score (nSPS) is 13.5. The van der Waals surface area contributed by atoms with Crippen molar-refractivity contribution in [3.05, 3.63) is 28.3 Å². The Labute approximate surface area is 124 Å². The molecular formula is C15H20ClNO3. The molecule has 0 fully saturated rings. The van der Waals surface area contributed by atoms with Crippen molar-refractivity contribution in [2.75, 3.05) is 20.3 Å². The molecule has 0 saturated carbocycles. The highest BCUT2D eigenvalue weighted by molar-refractivity contribution is 6.30. The van der Waals surface area contributed by atoms with E-state index in [4.69, 9.17) is 21.1 Å². The van der Waals surface area contributed by atoms with Crippen molar-refractivity contribution in [3.63, 3.8) is 0 Å². The summed E-state index contributed by atoms with van der Waals surface area (Å²) in [7, 11) is 1.40. The Hall–Kier alpha value is -1.26. The lowest BCUT2D eigenvalue weighted by Gasteiger charge is -2.26. The summed E-state index contributed by atoms with van der Waals surface area (Å²) in [5.41, 5.74) is 2.18. The molecule has 0 saturated heterocycles. The van der Waals surface area contributed by atoms with Crippen molar-refractivity contribution in [2.24, 2.45) is 0 Å². The Morgan fingerprint density at radius 3 is 2.90 bits per heavy atom. The first-order chi connectivity index (χ1) is 9.51. The average Bonchev–Trinajstić information content (AvgIpc) is 2.85. The molecule has 0 aromatic heterocycles. The van der Waals surface area contributed by atoms with Crippen molar-refractivity contribution >= 4 is 17.6 Å². The largest absolute Gasteiger partial charge is 0.493 e. The van der Waals surface area contributed by atoms with Crippen LogP contribution in [0.5, 0.6) is 5.75 Å². The number of methoxy groups -OCH3 is 1. The molecule has 0 amide bonds. The molecule has 2 rings (SSSR count). The van der Waals surface area contributed by atoms with Gasteiger partial charge in [-0.2, -0.15) is 0 Å². The molecule has 4 nitrogen and oxygen atoms in total. The highest BCUT2D eigenvalue weighted by Crippen LogP contribution is 2.33. The van der Waals surface area contributed by atoms with Gasteiger partial charge in [-0.15, -0.1) is 0 Å². The molecule has 0 unspecified atom stereocenters. The number of esters is 1. The predicted octanol–water partition coefficient (Wildman–Crippen LogP) is 2.66. The van der Waals surface area contributed by atoms with Gasteiger partial charge in [0.15, 0.2) is 0 Å². The molecule has 0 bridgehead atoms. The number of benzene rings is 1. The number of carbonyl (C=O) groups is 1. The summed E-state index contributed by atoms with van der Waals surface area (Å²) in [5.74, 6) is 0.684. The molecule has 1 aliphatic heterocycles. The molecule has 20 heavy (non-hydrogen) atoms. The second-order valence-electron chi connectivity index (χ2n) is 5.23. The quantitative estimate of drug-likeness (QED) is 0.783. The monoisotopic (exact) mass is 297 g/mol. The molecule has 0 aliphatic carbocycles. The number of carbonyl (C=O) groups excluding carboxylic acids is 1. The molecule has 0 radical (unpaired) electrons. The first-order valence-electron chi connectivity index (χ1n) is 6.76. The van der Waals surface area contributed by atoms with E-state index in [2.05, 4.69) is 13.8 Å². The van der Waals surface area contributed by atoms with Gasteiger partial charge in [-0.05, 0) is 31.5 Å². The molecule has 1 aromatic rings. The van der Waals surface area contributed by atoms with Crippen LogP contribution in [-0.4, -0.2) is 37.2 Å². The Morgan fingerprint density at radius 1 is 1.50 bits per heavy atom. The minimum absolute atomic E-state index is 0.227. The summed E-state index contributed by atoms with van der Waals surface area (Å²) in [6.07, 6.45) is 0.890. The third-order valence-corrected chi connectivity index (χ3v) is 3.71. The van der Waals surface area contributed by atoms with E-state index >= 15 is 0 Å². The van der Waals surface area contributed by atoms with E-state index in [0.29, 0.717) is 18.2 Å². The van der Waals surface area contributed by atoms with E-state index in [1.807, 2.05) is 17.0 Å². The Kier molecular flexibility index (Phi) is 4.89. The lowest BCUT2D eigenvalue weighted by molar-refractivity contribution is -0.142.